The number of ether oxygens (including phenoxy) is 1. The highest BCUT2D eigenvalue weighted by Gasteiger charge is 2.62. The lowest BCUT2D eigenvalue weighted by Gasteiger charge is -2.40. The molecule has 0 spiro atoms. The summed E-state index contributed by atoms with van der Waals surface area (Å²) in [6.45, 7) is 12.2. The summed E-state index contributed by atoms with van der Waals surface area (Å²) in [5.41, 5.74) is 2.46. The summed E-state index contributed by atoms with van der Waals surface area (Å²) in [6, 6.07) is 0. The first-order chi connectivity index (χ1) is 12.1. The van der Waals surface area contributed by atoms with E-state index >= 15 is 0 Å². The lowest BCUT2D eigenvalue weighted by Crippen LogP contribution is -2.35. The molecule has 1 unspecified atom stereocenters. The van der Waals surface area contributed by atoms with E-state index in [4.69, 9.17) is 14.9 Å². The number of hydrogen-bond donors (Lipinski definition) is 2. The van der Waals surface area contributed by atoms with Gasteiger partial charge in [-0.3, -0.25) is 0 Å². The molecule has 5 nitrogen and oxygen atoms in total. The summed E-state index contributed by atoms with van der Waals surface area (Å²) in [4.78, 5) is 21.6. The van der Waals surface area contributed by atoms with Crippen LogP contribution in [-0.4, -0.2) is 35.9 Å². The van der Waals surface area contributed by atoms with Crippen LogP contribution in [0.15, 0.2) is 23.8 Å². The SMILES string of the molecule is C=CC(=O)O.COC(=O)C(=C(C)CCCO)C1C[C@H]2CC[C@@]1(C)C2(C)C. The normalized spacial score (nSPS) is 29.3. The van der Waals surface area contributed by atoms with Gasteiger partial charge in [0.05, 0.1) is 7.11 Å². The van der Waals surface area contributed by atoms with Crippen LogP contribution in [-0.2, 0) is 14.3 Å². The maximum atomic E-state index is 12.4. The van der Waals surface area contributed by atoms with E-state index in [1.807, 2.05) is 6.92 Å². The highest BCUT2D eigenvalue weighted by molar-refractivity contribution is 5.90. The van der Waals surface area contributed by atoms with Gasteiger partial charge in [-0.2, -0.15) is 0 Å². The van der Waals surface area contributed by atoms with E-state index in [0.29, 0.717) is 18.3 Å². The van der Waals surface area contributed by atoms with Crippen LogP contribution >= 0.6 is 0 Å². The standard InChI is InChI=1S/C18H30O3.C3H4O2/c1-12(7-6-10-19)15(16(20)21-5)14-11-13-8-9-18(14,4)17(13,2)3;1-2-3(4)5/h13-14,19H,6-11H2,1-5H3;2H,1H2,(H,4,5)/t13-,14?,18-;/m1./s1. The Labute approximate surface area is 157 Å². The number of fused-ring (bicyclic) bond motifs is 2. The van der Waals surface area contributed by atoms with Crippen LogP contribution in [0.3, 0.4) is 0 Å². The largest absolute Gasteiger partial charge is 0.478 e. The predicted octanol–water partition coefficient (Wildman–Crippen LogP) is 3.97. The van der Waals surface area contributed by atoms with Crippen molar-refractivity contribution in [2.24, 2.45) is 22.7 Å². The maximum Gasteiger partial charge on any atom is 0.333 e. The van der Waals surface area contributed by atoms with E-state index in [9.17, 15) is 9.59 Å². The van der Waals surface area contributed by atoms with Gasteiger partial charge in [-0.05, 0) is 61.7 Å². The van der Waals surface area contributed by atoms with Crippen molar-refractivity contribution in [1.29, 1.82) is 0 Å². The zero-order valence-electron chi connectivity index (χ0n) is 16.8. The fourth-order valence-electron chi connectivity index (χ4n) is 4.84. The average Bonchev–Trinajstić information content (AvgIpc) is 2.94. The van der Waals surface area contributed by atoms with Crippen molar-refractivity contribution in [3.8, 4) is 0 Å². The Bertz CT molecular complexity index is 575. The van der Waals surface area contributed by atoms with Gasteiger partial charge in [0.2, 0.25) is 0 Å². The minimum absolute atomic E-state index is 0.167. The molecule has 2 fully saturated rings. The number of rotatable bonds is 6. The van der Waals surface area contributed by atoms with E-state index < -0.39 is 5.97 Å². The average molecular weight is 366 g/mol. The third-order valence-corrected chi connectivity index (χ3v) is 6.89. The van der Waals surface area contributed by atoms with Crippen molar-refractivity contribution in [1.82, 2.24) is 0 Å². The monoisotopic (exact) mass is 366 g/mol. The number of carbonyl (C=O) groups excluding carboxylic acids is 1. The Morgan fingerprint density at radius 1 is 1.31 bits per heavy atom. The molecule has 2 bridgehead atoms. The van der Waals surface area contributed by atoms with Crippen LogP contribution < -0.4 is 0 Å². The van der Waals surface area contributed by atoms with Crippen molar-refractivity contribution in [2.75, 3.05) is 13.7 Å². The smallest absolute Gasteiger partial charge is 0.333 e. The summed E-state index contributed by atoms with van der Waals surface area (Å²) in [5.74, 6) is -0.139. The van der Waals surface area contributed by atoms with E-state index in [2.05, 4.69) is 27.4 Å². The molecule has 0 heterocycles. The van der Waals surface area contributed by atoms with Gasteiger partial charge >= 0.3 is 11.9 Å². The Hall–Kier alpha value is -1.62. The highest BCUT2D eigenvalue weighted by Crippen LogP contribution is 2.69. The summed E-state index contributed by atoms with van der Waals surface area (Å²) in [7, 11) is 1.47. The van der Waals surface area contributed by atoms with Crippen LogP contribution in [0.1, 0.15) is 59.8 Å². The maximum absolute atomic E-state index is 12.4. The van der Waals surface area contributed by atoms with Crippen LogP contribution in [0.4, 0.5) is 0 Å². The van der Waals surface area contributed by atoms with Crippen molar-refractivity contribution in [2.45, 2.75) is 59.8 Å². The minimum Gasteiger partial charge on any atom is -0.478 e. The number of hydrogen-bond acceptors (Lipinski definition) is 4. The minimum atomic E-state index is -0.981. The van der Waals surface area contributed by atoms with Crippen LogP contribution in [0.2, 0.25) is 0 Å². The quantitative estimate of drug-likeness (QED) is 0.549. The van der Waals surface area contributed by atoms with E-state index in [-0.39, 0.29) is 23.4 Å². The number of carboxylic acids is 1. The molecular formula is C21H34O5. The van der Waals surface area contributed by atoms with Crippen molar-refractivity contribution in [3.63, 3.8) is 0 Å². The Morgan fingerprint density at radius 3 is 2.23 bits per heavy atom. The third-order valence-electron chi connectivity index (χ3n) is 6.89. The zero-order chi connectivity index (χ0) is 20.1. The van der Waals surface area contributed by atoms with Crippen LogP contribution in [0, 0.1) is 22.7 Å². The molecule has 0 aromatic carbocycles. The summed E-state index contributed by atoms with van der Waals surface area (Å²) >= 11 is 0. The van der Waals surface area contributed by atoms with Gasteiger partial charge in [0.1, 0.15) is 0 Å². The van der Waals surface area contributed by atoms with Gasteiger partial charge in [-0.25, -0.2) is 9.59 Å². The number of aliphatic hydroxyl groups is 1. The second-order valence-corrected chi connectivity index (χ2v) is 8.22. The van der Waals surface area contributed by atoms with Crippen molar-refractivity contribution >= 4 is 11.9 Å². The first-order valence-corrected chi connectivity index (χ1v) is 9.31. The lowest BCUT2D eigenvalue weighted by molar-refractivity contribution is -0.137. The molecule has 2 saturated carbocycles. The number of allylic oxidation sites excluding steroid dienone is 1. The van der Waals surface area contributed by atoms with Crippen LogP contribution in [0.5, 0.6) is 0 Å². The van der Waals surface area contributed by atoms with Gasteiger partial charge in [0.25, 0.3) is 0 Å². The molecule has 0 saturated heterocycles. The first kappa shape index (κ1) is 22.4. The van der Waals surface area contributed by atoms with Gasteiger partial charge < -0.3 is 14.9 Å². The second-order valence-electron chi connectivity index (χ2n) is 8.22. The van der Waals surface area contributed by atoms with Crippen molar-refractivity contribution < 1.29 is 24.5 Å². The molecule has 0 radical (unpaired) electrons. The summed E-state index contributed by atoms with van der Waals surface area (Å²) in [5, 5.41) is 16.7. The fourth-order valence-corrected chi connectivity index (χ4v) is 4.84. The number of carbonyl (C=O) groups is 2. The summed E-state index contributed by atoms with van der Waals surface area (Å²) in [6.07, 6.45) is 5.90. The van der Waals surface area contributed by atoms with E-state index in [0.717, 1.165) is 30.1 Å². The molecule has 0 aromatic heterocycles. The third kappa shape index (κ3) is 4.20. The Morgan fingerprint density at radius 2 is 1.88 bits per heavy atom. The molecular weight excluding hydrogens is 332 g/mol. The molecule has 2 aliphatic carbocycles. The fraction of sp³-hybridized carbons (Fsp3) is 0.714. The van der Waals surface area contributed by atoms with Crippen LogP contribution in [0.25, 0.3) is 0 Å². The Balaban J connectivity index is 0.000000597. The molecule has 0 aliphatic heterocycles. The Kier molecular flexibility index (Phi) is 7.63. The molecule has 2 N–H and O–H groups in total. The highest BCUT2D eigenvalue weighted by atomic mass is 16.5. The molecule has 0 aromatic rings. The zero-order valence-corrected chi connectivity index (χ0v) is 16.8. The van der Waals surface area contributed by atoms with Gasteiger partial charge in [0.15, 0.2) is 0 Å². The van der Waals surface area contributed by atoms with E-state index in [1.165, 1.54) is 20.0 Å². The van der Waals surface area contributed by atoms with Crippen molar-refractivity contribution in [3.05, 3.63) is 23.8 Å². The predicted molar refractivity (Wildman–Crippen MR) is 102 cm³/mol. The molecule has 2 rings (SSSR count). The molecule has 2 aliphatic rings. The number of aliphatic carboxylic acids is 1. The van der Waals surface area contributed by atoms with Gasteiger partial charge in [-0.15, -0.1) is 0 Å². The number of carboxylic acid groups (broad SMARTS) is 1. The molecule has 148 valence electrons. The molecule has 0 amide bonds. The molecule has 5 heteroatoms. The van der Waals surface area contributed by atoms with Gasteiger partial charge in [0, 0.05) is 18.3 Å². The topological polar surface area (TPSA) is 83.8 Å². The van der Waals surface area contributed by atoms with E-state index in [1.54, 1.807) is 0 Å². The molecule has 26 heavy (non-hydrogen) atoms. The number of esters is 1. The van der Waals surface area contributed by atoms with Gasteiger partial charge in [-0.1, -0.05) is 32.9 Å². The first-order valence-electron chi connectivity index (χ1n) is 9.31. The lowest BCUT2D eigenvalue weighted by atomic mass is 9.64. The number of methoxy groups -OCH3 is 1. The second kappa shape index (κ2) is 8.85. The summed E-state index contributed by atoms with van der Waals surface area (Å²) < 4.78 is 5.09. The molecule has 3 atom stereocenters. The number of aliphatic hydroxyl groups excluding tert-OH is 1.